The number of rotatable bonds is 17. The van der Waals surface area contributed by atoms with E-state index in [1.807, 2.05) is 0 Å². The summed E-state index contributed by atoms with van der Waals surface area (Å²) in [5.74, 6) is -1.28. The van der Waals surface area contributed by atoms with Crippen LogP contribution in [0.3, 0.4) is 0 Å². The fourth-order valence-electron chi connectivity index (χ4n) is 1.94. The molecule has 0 aliphatic carbocycles. The summed E-state index contributed by atoms with van der Waals surface area (Å²) in [5, 5.41) is 2.45. The van der Waals surface area contributed by atoms with Crippen LogP contribution >= 0.6 is 8.02 Å². The average molecular weight is 504 g/mol. The van der Waals surface area contributed by atoms with Crippen LogP contribution in [0.4, 0.5) is 4.79 Å². The predicted octanol–water partition coefficient (Wildman–Crippen LogP) is -1.31. The number of hydrogen-bond acceptors (Lipinski definition) is 11. The van der Waals surface area contributed by atoms with Gasteiger partial charge in [-0.1, -0.05) is 16.8 Å². The van der Waals surface area contributed by atoms with Crippen molar-refractivity contribution in [3.05, 3.63) is 0 Å². The second-order valence-electron chi connectivity index (χ2n) is 5.75. The molecule has 12 nitrogen and oxygen atoms in total. The second-order valence-corrected chi connectivity index (χ2v) is 9.97. The topological polar surface area (TPSA) is 142 Å². The van der Waals surface area contributed by atoms with E-state index in [0.717, 1.165) is 0 Å². The standard InChI is InChI=1S/C16H30N3O9PS2/c1-13(20)27-7-4-19(11-14(21)18-31(29)30)5-8-28-15(22)12-26-10-9-25-6-3-17-16(23)24-2/h29,31H,3-12H2,1-2H3,(H,17,23)(H,18,21,30). The Bertz CT molecular complexity index is 642. The lowest BCUT2D eigenvalue weighted by molar-refractivity contribution is -0.149. The van der Waals surface area contributed by atoms with Crippen molar-refractivity contribution in [2.75, 3.05) is 72.9 Å². The van der Waals surface area contributed by atoms with Crippen LogP contribution in [0.1, 0.15) is 6.92 Å². The lowest BCUT2D eigenvalue weighted by Crippen LogP contribution is -2.40. The summed E-state index contributed by atoms with van der Waals surface area (Å²) in [6, 6.07) is 0. The maximum Gasteiger partial charge on any atom is 0.406 e. The maximum atomic E-state index is 11.9. The molecule has 31 heavy (non-hydrogen) atoms. The van der Waals surface area contributed by atoms with Gasteiger partial charge in [-0.2, -0.15) is 0 Å². The number of methoxy groups -OCH3 is 1. The fourth-order valence-corrected chi connectivity index (χ4v) is 2.92. The highest BCUT2D eigenvalue weighted by Crippen LogP contribution is 1.93. The van der Waals surface area contributed by atoms with Gasteiger partial charge in [0.15, 0.2) is 0 Å². The number of thiol groups is 1. The Morgan fingerprint density at radius 3 is 2.26 bits per heavy atom. The molecule has 0 saturated heterocycles. The Labute approximate surface area is 189 Å². The Morgan fingerprint density at radius 1 is 1.00 bits per heavy atom. The van der Waals surface area contributed by atoms with E-state index in [0.29, 0.717) is 13.1 Å². The van der Waals surface area contributed by atoms with Crippen molar-refractivity contribution in [1.29, 1.82) is 0 Å². The number of carbonyl (C=O) groups is 4. The molecule has 0 aliphatic heterocycles. The van der Waals surface area contributed by atoms with Crippen molar-refractivity contribution in [3.63, 3.8) is 0 Å². The Balaban J connectivity index is 3.99. The van der Waals surface area contributed by atoms with Crippen LogP contribution in [-0.2, 0) is 58.1 Å². The van der Waals surface area contributed by atoms with Crippen LogP contribution in [0.25, 0.3) is 0 Å². The van der Waals surface area contributed by atoms with Crippen molar-refractivity contribution in [2.24, 2.45) is 0 Å². The van der Waals surface area contributed by atoms with Crippen molar-refractivity contribution in [2.45, 2.75) is 6.92 Å². The van der Waals surface area contributed by atoms with E-state index in [9.17, 15) is 19.2 Å². The number of carbonyl (C=O) groups excluding carboxylic acids is 4. The molecule has 0 spiro atoms. The van der Waals surface area contributed by atoms with Crippen molar-refractivity contribution in [3.8, 4) is 0 Å². The van der Waals surface area contributed by atoms with Gasteiger partial charge in [-0.3, -0.25) is 14.5 Å². The molecule has 0 aliphatic rings. The molecule has 15 heteroatoms. The van der Waals surface area contributed by atoms with Crippen molar-refractivity contribution < 1.29 is 42.9 Å². The third-order valence-electron chi connectivity index (χ3n) is 3.27. The van der Waals surface area contributed by atoms with Gasteiger partial charge in [0.1, 0.15) is 19.8 Å². The first-order chi connectivity index (χ1) is 14.7. The SMILES string of the molecule is COC(=O)NCCOCCOCC(=O)OCCN(CCOC(C)=O)CC(=O)N[SH](=P)=S. The summed E-state index contributed by atoms with van der Waals surface area (Å²) in [6.45, 7) is 2.73. The van der Waals surface area contributed by atoms with Crippen LogP contribution in [-0.4, -0.2) is 102 Å². The molecule has 0 fully saturated rings. The Hall–Kier alpha value is -1.57. The van der Waals surface area contributed by atoms with E-state index in [1.54, 1.807) is 4.90 Å². The lowest BCUT2D eigenvalue weighted by atomic mass is 10.4. The second kappa shape index (κ2) is 19.1. The molecule has 1 unspecified atom stereocenters. The molecule has 0 radical (unpaired) electrons. The van der Waals surface area contributed by atoms with Crippen molar-refractivity contribution in [1.82, 2.24) is 14.9 Å². The number of nitrogens with zero attached hydrogens (tertiary/aromatic N) is 1. The van der Waals surface area contributed by atoms with Gasteiger partial charge in [0, 0.05) is 26.6 Å². The molecule has 0 aromatic rings. The summed E-state index contributed by atoms with van der Waals surface area (Å²) in [6.07, 6.45) is -0.540. The largest absolute Gasteiger partial charge is 0.465 e. The van der Waals surface area contributed by atoms with Gasteiger partial charge >= 0.3 is 18.0 Å². The minimum absolute atomic E-state index is 0.0114. The Kier molecular flexibility index (Phi) is 18.2. The van der Waals surface area contributed by atoms with Crippen LogP contribution in [0, 0.1) is 0 Å². The maximum absolute atomic E-state index is 11.9. The van der Waals surface area contributed by atoms with Crippen LogP contribution < -0.4 is 10.0 Å². The molecule has 0 aromatic carbocycles. The Morgan fingerprint density at radius 2 is 1.65 bits per heavy atom. The molecule has 2 amide bonds. The number of amides is 2. The molecule has 0 bridgehead atoms. The van der Waals surface area contributed by atoms with Crippen LogP contribution in [0.2, 0.25) is 0 Å². The van der Waals surface area contributed by atoms with E-state index < -0.39 is 26.9 Å². The molecule has 0 rings (SSSR count). The van der Waals surface area contributed by atoms with Gasteiger partial charge in [-0.25, -0.2) is 9.59 Å². The minimum atomic E-state index is -1.19. The third kappa shape index (κ3) is 20.1. The van der Waals surface area contributed by atoms with Gasteiger partial charge in [0.05, 0.1) is 33.5 Å². The molecule has 180 valence electrons. The fraction of sp³-hybridized carbons (Fsp3) is 0.750. The van der Waals surface area contributed by atoms with E-state index in [1.165, 1.54) is 14.0 Å². The quantitative estimate of drug-likeness (QED) is 0.0716. The van der Waals surface area contributed by atoms with E-state index in [-0.39, 0.29) is 58.6 Å². The van der Waals surface area contributed by atoms with Crippen LogP contribution in [0.15, 0.2) is 0 Å². The molecule has 1 atom stereocenters. The number of alkyl carbamates (subject to hydrolysis) is 1. The highest BCUT2D eigenvalue weighted by atomic mass is 32.9. The van der Waals surface area contributed by atoms with Crippen LogP contribution in [0.5, 0.6) is 0 Å². The minimum Gasteiger partial charge on any atom is -0.465 e. The highest BCUT2D eigenvalue weighted by Gasteiger charge is 2.12. The van der Waals surface area contributed by atoms with E-state index >= 15 is 0 Å². The smallest absolute Gasteiger partial charge is 0.406 e. The number of hydrogen-bond donors (Lipinski definition) is 3. The molecule has 0 saturated carbocycles. The summed E-state index contributed by atoms with van der Waals surface area (Å²) >= 11 is 4.89. The first-order valence-electron chi connectivity index (χ1n) is 9.21. The number of esters is 2. The molecular weight excluding hydrogens is 473 g/mol. The molecule has 0 heterocycles. The third-order valence-corrected chi connectivity index (χ3v) is 4.33. The predicted molar refractivity (Wildman–Crippen MR) is 119 cm³/mol. The van der Waals surface area contributed by atoms with E-state index in [4.69, 9.17) is 30.1 Å². The first kappa shape index (κ1) is 29.4. The number of nitrogens with one attached hydrogen (secondary N) is 2. The average Bonchev–Trinajstić information content (AvgIpc) is 2.68. The molecule has 0 aromatic heterocycles. The monoisotopic (exact) mass is 503 g/mol. The van der Waals surface area contributed by atoms with Crippen molar-refractivity contribution >= 4 is 52.0 Å². The summed E-state index contributed by atoms with van der Waals surface area (Å²) in [7, 11) is 3.23. The van der Waals surface area contributed by atoms with Gasteiger partial charge in [0.25, 0.3) is 0 Å². The van der Waals surface area contributed by atoms with Gasteiger partial charge in [-0.05, 0) is 11.2 Å². The van der Waals surface area contributed by atoms with Gasteiger partial charge in [0.2, 0.25) is 5.91 Å². The van der Waals surface area contributed by atoms with Gasteiger partial charge in [-0.15, -0.1) is 0 Å². The molecular formula is C16H30N3O9PS2. The summed E-state index contributed by atoms with van der Waals surface area (Å²) < 4.78 is 27.3. The number of ether oxygens (including phenoxy) is 5. The first-order valence-corrected chi connectivity index (χ1v) is 12.9. The molecule has 2 N–H and O–H groups in total. The van der Waals surface area contributed by atoms with Gasteiger partial charge < -0.3 is 33.7 Å². The normalized spacial score (nSPS) is 11.5. The zero-order chi connectivity index (χ0) is 23.5. The zero-order valence-electron chi connectivity index (χ0n) is 17.5. The summed E-state index contributed by atoms with van der Waals surface area (Å²) in [5.41, 5.74) is 0. The highest BCUT2D eigenvalue weighted by molar-refractivity contribution is 8.38. The lowest BCUT2D eigenvalue weighted by Gasteiger charge is -2.21. The zero-order valence-corrected chi connectivity index (χ0v) is 20.3. The summed E-state index contributed by atoms with van der Waals surface area (Å²) in [4.78, 5) is 46.9. The van der Waals surface area contributed by atoms with E-state index in [2.05, 4.69) is 22.8 Å².